The molecule has 0 aliphatic carbocycles. The first kappa shape index (κ1) is 23.8. The molecule has 4 N–H and O–H groups in total. The quantitative estimate of drug-likeness (QED) is 0.271. The fourth-order valence-electron chi connectivity index (χ4n) is 2.80. The predicted octanol–water partition coefficient (Wildman–Crippen LogP) is 4.68. The first-order valence-corrected chi connectivity index (χ1v) is 11.0. The summed E-state index contributed by atoms with van der Waals surface area (Å²) in [6.07, 6.45) is 12.3. The van der Waals surface area contributed by atoms with Crippen LogP contribution in [-0.4, -0.2) is 21.9 Å². The van der Waals surface area contributed by atoms with Gasteiger partial charge in [0.25, 0.3) is 0 Å². The number of phosphoric acid groups is 1. The average molecular weight is 395 g/mol. The number of phosphoric ester groups is 1. The minimum absolute atomic E-state index is 0.170. The van der Waals surface area contributed by atoms with Gasteiger partial charge in [-0.1, -0.05) is 48.1 Å². The Labute approximate surface area is 163 Å². The largest absolute Gasteiger partial charge is 0.469 e. The number of hydrogen-bond acceptors (Lipinski definition) is 3. The van der Waals surface area contributed by atoms with Crippen LogP contribution in [0.5, 0.6) is 0 Å². The van der Waals surface area contributed by atoms with Crippen molar-refractivity contribution in [2.45, 2.75) is 64.8 Å². The van der Waals surface area contributed by atoms with Crippen molar-refractivity contribution >= 4 is 7.82 Å². The third-order valence-corrected chi connectivity index (χ3v) is 4.97. The molecule has 152 valence electrons. The number of allylic oxidation sites excluding steroid dienone is 4. The predicted molar refractivity (Wildman–Crippen MR) is 111 cm³/mol. The molecule has 0 amide bonds. The Kier molecular flexibility index (Phi) is 10.2. The fraction of sp³-hybridized carbons (Fsp3) is 0.524. The van der Waals surface area contributed by atoms with Crippen LogP contribution >= 0.6 is 7.82 Å². The number of nitrogens with two attached hydrogens (primary N) is 1. The van der Waals surface area contributed by atoms with Crippen LogP contribution in [-0.2, 0) is 21.9 Å². The normalized spacial score (nSPS) is 15.3. The Balaban J connectivity index is 2.38. The summed E-state index contributed by atoms with van der Waals surface area (Å²) >= 11 is 0. The maximum absolute atomic E-state index is 10.8. The van der Waals surface area contributed by atoms with Crippen LogP contribution in [0.3, 0.4) is 0 Å². The topological polar surface area (TPSA) is 92.8 Å². The van der Waals surface area contributed by atoms with E-state index in [1.165, 1.54) is 17.6 Å². The molecular weight excluding hydrogens is 361 g/mol. The second-order valence-corrected chi connectivity index (χ2v) is 8.54. The van der Waals surface area contributed by atoms with Crippen molar-refractivity contribution in [2.75, 3.05) is 6.61 Å². The van der Waals surface area contributed by atoms with E-state index < -0.39 is 13.4 Å². The zero-order chi connectivity index (χ0) is 20.3. The molecule has 0 aromatic heterocycles. The highest BCUT2D eigenvalue weighted by Crippen LogP contribution is 2.36. The van der Waals surface area contributed by atoms with Crippen LogP contribution in [0.4, 0.5) is 0 Å². The lowest BCUT2D eigenvalue weighted by molar-refractivity contribution is 0.154. The average Bonchev–Trinajstić information content (AvgIpc) is 2.61. The highest BCUT2D eigenvalue weighted by atomic mass is 31.2. The van der Waals surface area contributed by atoms with E-state index >= 15 is 0 Å². The molecule has 0 fully saturated rings. The van der Waals surface area contributed by atoms with Gasteiger partial charge < -0.3 is 15.5 Å². The lowest BCUT2D eigenvalue weighted by Gasteiger charge is -2.24. The molecule has 6 heteroatoms. The van der Waals surface area contributed by atoms with Gasteiger partial charge in [0.1, 0.15) is 0 Å². The van der Waals surface area contributed by atoms with Crippen molar-refractivity contribution in [3.8, 4) is 0 Å². The smallest absolute Gasteiger partial charge is 0.323 e. The van der Waals surface area contributed by atoms with E-state index in [4.69, 9.17) is 15.5 Å². The van der Waals surface area contributed by atoms with Gasteiger partial charge in [-0.25, -0.2) is 4.57 Å². The van der Waals surface area contributed by atoms with Crippen LogP contribution in [0.15, 0.2) is 48.1 Å². The fourth-order valence-corrected chi connectivity index (χ4v) is 3.27. The Hall–Kier alpha value is -1.23. The monoisotopic (exact) mass is 395 g/mol. The van der Waals surface area contributed by atoms with Crippen molar-refractivity contribution in [1.82, 2.24) is 0 Å². The van der Waals surface area contributed by atoms with Crippen LogP contribution in [0.25, 0.3) is 0 Å². The molecule has 27 heavy (non-hydrogen) atoms. The zero-order valence-corrected chi connectivity index (χ0v) is 17.6. The SMILES string of the molecule is C/C=C\C(=C/C)CCCCc1ccc(CCC(C)(N)COP(=O)(O)O)cc1. The van der Waals surface area contributed by atoms with E-state index in [0.717, 1.165) is 31.2 Å². The highest BCUT2D eigenvalue weighted by molar-refractivity contribution is 7.46. The first-order valence-electron chi connectivity index (χ1n) is 9.50. The molecule has 0 saturated heterocycles. The minimum atomic E-state index is -4.48. The Morgan fingerprint density at radius 3 is 2.26 bits per heavy atom. The lowest BCUT2D eigenvalue weighted by Crippen LogP contribution is -2.41. The van der Waals surface area contributed by atoms with E-state index in [1.807, 2.05) is 6.92 Å². The van der Waals surface area contributed by atoms with E-state index in [-0.39, 0.29) is 6.61 Å². The number of hydrogen-bond donors (Lipinski definition) is 3. The standard InChI is InChI=1S/C21H34NO4P/c1-4-8-18(5-2)9-6-7-10-19-11-13-20(14-12-19)15-16-21(3,22)17-26-27(23,24)25/h4-5,8,11-14H,6-7,9-10,15-17,22H2,1-3H3,(H2,23,24,25)/b8-4-,18-5+. The summed E-state index contributed by atoms with van der Waals surface area (Å²) in [6.45, 7) is 5.70. The third-order valence-electron chi connectivity index (χ3n) is 4.50. The molecule has 1 rings (SSSR count). The van der Waals surface area contributed by atoms with Gasteiger partial charge in [-0.2, -0.15) is 0 Å². The van der Waals surface area contributed by atoms with Gasteiger partial charge in [0.15, 0.2) is 0 Å². The highest BCUT2D eigenvalue weighted by Gasteiger charge is 2.24. The Bertz CT molecular complexity index is 659. The molecule has 0 saturated carbocycles. The third kappa shape index (κ3) is 11.3. The molecule has 5 nitrogen and oxygen atoms in total. The van der Waals surface area contributed by atoms with Crippen molar-refractivity contribution in [3.05, 3.63) is 59.2 Å². The first-order chi connectivity index (χ1) is 12.6. The molecule has 0 radical (unpaired) electrons. The van der Waals surface area contributed by atoms with Gasteiger partial charge >= 0.3 is 7.82 Å². The summed E-state index contributed by atoms with van der Waals surface area (Å²) in [5.74, 6) is 0. The second-order valence-electron chi connectivity index (χ2n) is 7.31. The molecule has 1 aromatic rings. The molecule has 0 aliphatic heterocycles. The molecule has 1 atom stereocenters. The van der Waals surface area contributed by atoms with Gasteiger partial charge in [0, 0.05) is 5.54 Å². The molecular formula is C21H34NO4P. The van der Waals surface area contributed by atoms with Gasteiger partial charge in [0.05, 0.1) is 6.61 Å². The summed E-state index contributed by atoms with van der Waals surface area (Å²) in [7, 11) is -4.48. The van der Waals surface area contributed by atoms with Crippen LogP contribution in [0.1, 0.15) is 57.6 Å². The molecule has 0 spiro atoms. The van der Waals surface area contributed by atoms with Gasteiger partial charge in [-0.15, -0.1) is 0 Å². The van der Waals surface area contributed by atoms with E-state index in [9.17, 15) is 4.57 Å². The van der Waals surface area contributed by atoms with Crippen molar-refractivity contribution in [2.24, 2.45) is 5.73 Å². The zero-order valence-electron chi connectivity index (χ0n) is 16.7. The van der Waals surface area contributed by atoms with E-state index in [2.05, 4.69) is 53.9 Å². The summed E-state index contributed by atoms with van der Waals surface area (Å²) in [4.78, 5) is 17.6. The van der Waals surface area contributed by atoms with Crippen molar-refractivity contribution in [3.63, 3.8) is 0 Å². The van der Waals surface area contributed by atoms with Crippen molar-refractivity contribution < 1.29 is 18.9 Å². The lowest BCUT2D eigenvalue weighted by atomic mass is 9.94. The number of benzene rings is 1. The van der Waals surface area contributed by atoms with Gasteiger partial charge in [-0.05, 0) is 70.4 Å². The summed E-state index contributed by atoms with van der Waals surface area (Å²) in [6, 6.07) is 8.51. The molecule has 0 aliphatic rings. The van der Waals surface area contributed by atoms with E-state index in [1.54, 1.807) is 6.92 Å². The number of unbranched alkanes of at least 4 members (excludes halogenated alkanes) is 1. The maximum atomic E-state index is 10.8. The maximum Gasteiger partial charge on any atom is 0.469 e. The summed E-state index contributed by atoms with van der Waals surface area (Å²) in [5.41, 5.74) is 9.16. The molecule has 1 unspecified atom stereocenters. The van der Waals surface area contributed by atoms with Crippen LogP contribution in [0.2, 0.25) is 0 Å². The Morgan fingerprint density at radius 1 is 1.15 bits per heavy atom. The van der Waals surface area contributed by atoms with Crippen LogP contribution in [0, 0.1) is 0 Å². The van der Waals surface area contributed by atoms with Gasteiger partial charge in [-0.3, -0.25) is 4.52 Å². The van der Waals surface area contributed by atoms with Gasteiger partial charge in [0.2, 0.25) is 0 Å². The van der Waals surface area contributed by atoms with E-state index in [0.29, 0.717) is 6.42 Å². The summed E-state index contributed by atoms with van der Waals surface area (Å²) < 4.78 is 15.3. The minimum Gasteiger partial charge on any atom is -0.323 e. The Morgan fingerprint density at radius 2 is 1.74 bits per heavy atom. The van der Waals surface area contributed by atoms with Crippen molar-refractivity contribution in [1.29, 1.82) is 0 Å². The summed E-state index contributed by atoms with van der Waals surface area (Å²) in [5, 5.41) is 0. The van der Waals surface area contributed by atoms with Crippen LogP contribution < -0.4 is 5.73 Å². The number of rotatable bonds is 12. The number of aryl methyl sites for hydroxylation is 2. The molecule has 0 bridgehead atoms. The molecule has 0 heterocycles. The molecule has 1 aromatic carbocycles. The second kappa shape index (κ2) is 11.6.